The molecule has 0 bridgehead atoms. The van der Waals surface area contributed by atoms with Crippen LogP contribution in [0.2, 0.25) is 0 Å². The molecule has 1 aliphatic heterocycles. The molecule has 0 fully saturated rings. The first-order valence-electron chi connectivity index (χ1n) is 17.9. The van der Waals surface area contributed by atoms with Crippen LogP contribution in [-0.2, 0) is 37.2 Å². The quantitative estimate of drug-likeness (QED) is 0.205. The largest absolute Gasteiger partial charge is 2.00 e. The normalized spacial score (nSPS) is 14.1. The Morgan fingerprint density at radius 3 is 1.02 bits per heavy atom. The number of hydrogen-bond acceptors (Lipinski definition) is 3. The van der Waals surface area contributed by atoms with Crippen molar-refractivity contribution in [1.82, 2.24) is 19.9 Å². The van der Waals surface area contributed by atoms with Crippen molar-refractivity contribution in [3.8, 4) is 0 Å². The zero-order valence-electron chi connectivity index (χ0n) is 33.7. The number of rotatable bonds is 12. The minimum absolute atomic E-state index is 0. The van der Waals surface area contributed by atoms with Gasteiger partial charge in [-0.1, -0.05) is 159 Å². The van der Waals surface area contributed by atoms with E-state index in [-0.39, 0.29) is 78.0 Å². The Morgan fingerprint density at radius 2 is 0.826 bits per heavy atom. The summed E-state index contributed by atoms with van der Waals surface area (Å²) in [5, 5.41) is 0. The third-order valence-corrected chi connectivity index (χ3v) is 11.0. The zero-order chi connectivity index (χ0) is 35.1. The van der Waals surface area contributed by atoms with E-state index in [4.69, 9.17) is 24.7 Å². The standard InChI is InChI=1S/2C18H33N2.C4H6O.Sr/c2*1-10-16(4,5)13-14(17(6,7)11-2)20-15(19-13)18(8,9)12-3;1-2-4-5-3-1;/h2*10-12H2,1-9H3;1,3H,2,4H2;/q2*-1;;+2. The fraction of sp³-hybridized carbons (Fsp3) is 0.800. The van der Waals surface area contributed by atoms with Gasteiger partial charge in [0.25, 0.3) is 0 Å². The van der Waals surface area contributed by atoms with Crippen LogP contribution in [0.4, 0.5) is 0 Å². The van der Waals surface area contributed by atoms with Gasteiger partial charge < -0.3 is 24.7 Å². The number of hydrogen-bond donors (Lipinski definition) is 0. The fourth-order valence-corrected chi connectivity index (χ4v) is 4.50. The molecule has 0 saturated carbocycles. The van der Waals surface area contributed by atoms with Crippen molar-refractivity contribution in [3.05, 3.63) is 46.8 Å². The van der Waals surface area contributed by atoms with Gasteiger partial charge in [0.05, 0.1) is 12.9 Å². The molecule has 0 saturated heterocycles. The van der Waals surface area contributed by atoms with E-state index in [1.807, 2.05) is 6.08 Å². The van der Waals surface area contributed by atoms with Crippen LogP contribution in [0, 0.1) is 0 Å². The molecule has 0 amide bonds. The molecule has 0 unspecified atom stereocenters. The molecule has 5 nitrogen and oxygen atoms in total. The van der Waals surface area contributed by atoms with Crippen LogP contribution in [0.15, 0.2) is 12.3 Å². The second kappa shape index (κ2) is 17.9. The van der Waals surface area contributed by atoms with Crippen molar-refractivity contribution in [3.63, 3.8) is 0 Å². The maximum Gasteiger partial charge on any atom is 2.00 e. The number of ether oxygens (including phenoxy) is 1. The minimum atomic E-state index is 0. The van der Waals surface area contributed by atoms with Gasteiger partial charge in [0.2, 0.25) is 0 Å². The number of imidazole rings is 2. The molecule has 0 spiro atoms. The molecule has 2 aromatic rings. The van der Waals surface area contributed by atoms with Crippen molar-refractivity contribution in [2.75, 3.05) is 6.61 Å². The molecule has 0 aliphatic carbocycles. The average Bonchev–Trinajstić information content (AvgIpc) is 3.79. The predicted molar refractivity (Wildman–Crippen MR) is 200 cm³/mol. The van der Waals surface area contributed by atoms with E-state index in [2.05, 4.69) is 125 Å². The molecule has 260 valence electrons. The SMILES string of the molecule is C1=COCC1.CCC(C)(C)c1nc(C(C)(C)CC)c(C(C)(C)CC)[n-]1.CCC(C)(C)c1nc(C(C)(C)CC)c(C(C)(C)CC)[n-]1.[Sr+2]. The van der Waals surface area contributed by atoms with Crippen molar-refractivity contribution >= 4 is 45.5 Å². The van der Waals surface area contributed by atoms with Gasteiger partial charge in [-0.25, -0.2) is 0 Å². The second-order valence-corrected chi connectivity index (χ2v) is 16.9. The van der Waals surface area contributed by atoms with E-state index in [0.717, 1.165) is 63.2 Å². The van der Waals surface area contributed by atoms with Gasteiger partial charge in [-0.05, 0) is 77.1 Å². The summed E-state index contributed by atoms with van der Waals surface area (Å²) in [6, 6.07) is 0. The first-order valence-corrected chi connectivity index (χ1v) is 17.9. The van der Waals surface area contributed by atoms with Gasteiger partial charge in [0.15, 0.2) is 0 Å². The molecule has 6 heteroatoms. The summed E-state index contributed by atoms with van der Waals surface area (Å²) >= 11 is 0. The van der Waals surface area contributed by atoms with Crippen LogP contribution < -0.4 is 9.97 Å². The molecular weight excluding hydrogens is 640 g/mol. The first-order chi connectivity index (χ1) is 20.5. The molecule has 0 N–H and O–H groups in total. The van der Waals surface area contributed by atoms with Crippen molar-refractivity contribution < 1.29 is 4.74 Å². The summed E-state index contributed by atoms with van der Waals surface area (Å²) in [6.45, 7) is 41.5. The summed E-state index contributed by atoms with van der Waals surface area (Å²) in [7, 11) is 0. The monoisotopic (exact) mass is 712 g/mol. The van der Waals surface area contributed by atoms with E-state index >= 15 is 0 Å². The van der Waals surface area contributed by atoms with Crippen molar-refractivity contribution in [2.45, 2.75) is 202 Å². The van der Waals surface area contributed by atoms with Gasteiger partial charge in [0.1, 0.15) is 0 Å². The topological polar surface area (TPSA) is 63.2 Å². The molecular formula is C40H72N4OSr. The van der Waals surface area contributed by atoms with Crippen LogP contribution in [-0.4, -0.2) is 62.1 Å². The summed E-state index contributed by atoms with van der Waals surface area (Å²) in [5.41, 5.74) is 5.33. The van der Waals surface area contributed by atoms with Crippen LogP contribution in [0.5, 0.6) is 0 Å². The Kier molecular flexibility index (Phi) is 17.7. The predicted octanol–water partition coefficient (Wildman–Crippen LogP) is 10.7. The van der Waals surface area contributed by atoms with E-state index in [1.54, 1.807) is 6.26 Å². The molecule has 3 rings (SSSR count). The molecule has 3 heterocycles. The minimum Gasteiger partial charge on any atom is -0.501 e. The van der Waals surface area contributed by atoms with E-state index in [1.165, 1.54) is 22.8 Å². The Bertz CT molecular complexity index is 1050. The first kappa shape index (κ1) is 45.4. The van der Waals surface area contributed by atoms with Crippen LogP contribution in [0.1, 0.15) is 204 Å². The molecule has 1 aliphatic rings. The van der Waals surface area contributed by atoms with Gasteiger partial charge in [-0.2, -0.15) is 0 Å². The average molecular weight is 713 g/mol. The van der Waals surface area contributed by atoms with Gasteiger partial charge >= 0.3 is 45.5 Å². The Labute approximate surface area is 323 Å². The van der Waals surface area contributed by atoms with Gasteiger partial charge in [-0.15, -0.1) is 0 Å². The smallest absolute Gasteiger partial charge is 0.501 e. The summed E-state index contributed by atoms with van der Waals surface area (Å²) in [6.07, 6.45) is 11.3. The maximum atomic E-state index is 5.00. The molecule has 46 heavy (non-hydrogen) atoms. The van der Waals surface area contributed by atoms with E-state index in [0.29, 0.717) is 0 Å². The molecule has 0 radical (unpaired) electrons. The maximum absolute atomic E-state index is 5.00. The molecule has 0 aromatic carbocycles. The number of nitrogens with zero attached hydrogens (tertiary/aromatic N) is 4. The number of aromatic nitrogens is 4. The van der Waals surface area contributed by atoms with Crippen LogP contribution >= 0.6 is 0 Å². The van der Waals surface area contributed by atoms with E-state index in [9.17, 15) is 0 Å². The van der Waals surface area contributed by atoms with Gasteiger partial charge in [0, 0.05) is 6.42 Å². The van der Waals surface area contributed by atoms with Crippen molar-refractivity contribution in [2.24, 2.45) is 0 Å². The Morgan fingerprint density at radius 1 is 0.522 bits per heavy atom. The third kappa shape index (κ3) is 11.5. The summed E-state index contributed by atoms with van der Waals surface area (Å²) in [5.74, 6) is 2.04. The Balaban J connectivity index is 0.000000747. The second-order valence-electron chi connectivity index (χ2n) is 16.9. The summed E-state index contributed by atoms with van der Waals surface area (Å²) in [4.78, 5) is 20.0. The molecule has 2 aromatic heterocycles. The molecule has 0 atom stereocenters. The Hall–Kier alpha value is -0.559. The fourth-order valence-electron chi connectivity index (χ4n) is 4.50. The zero-order valence-corrected chi connectivity index (χ0v) is 37.2. The third-order valence-electron chi connectivity index (χ3n) is 11.0. The van der Waals surface area contributed by atoms with E-state index < -0.39 is 0 Å². The van der Waals surface area contributed by atoms with Crippen LogP contribution in [0.3, 0.4) is 0 Å². The van der Waals surface area contributed by atoms with Crippen LogP contribution in [0.25, 0.3) is 0 Å². The summed E-state index contributed by atoms with van der Waals surface area (Å²) < 4.78 is 4.76. The van der Waals surface area contributed by atoms with Gasteiger partial charge in [-0.3, -0.25) is 0 Å². The van der Waals surface area contributed by atoms with Crippen molar-refractivity contribution in [1.29, 1.82) is 0 Å².